The lowest BCUT2D eigenvalue weighted by atomic mass is 10.3. The Labute approximate surface area is 127 Å². The SMILES string of the molecule is CCOCCC(Br)C(=O)Oc1c(OC)cccc1OC. The lowest BCUT2D eigenvalue weighted by molar-refractivity contribution is -0.134. The molecule has 1 rings (SSSR count). The monoisotopic (exact) mass is 346 g/mol. The van der Waals surface area contributed by atoms with Crippen LogP contribution in [-0.4, -0.2) is 38.2 Å². The van der Waals surface area contributed by atoms with Gasteiger partial charge in [0.15, 0.2) is 11.5 Å². The maximum atomic E-state index is 12.0. The van der Waals surface area contributed by atoms with Gasteiger partial charge in [0.25, 0.3) is 0 Å². The van der Waals surface area contributed by atoms with Crippen molar-refractivity contribution >= 4 is 21.9 Å². The van der Waals surface area contributed by atoms with Crippen LogP contribution in [-0.2, 0) is 9.53 Å². The van der Waals surface area contributed by atoms with Gasteiger partial charge >= 0.3 is 5.97 Å². The van der Waals surface area contributed by atoms with Gasteiger partial charge in [-0.25, -0.2) is 0 Å². The zero-order valence-corrected chi connectivity index (χ0v) is 13.4. The minimum absolute atomic E-state index is 0.281. The molecule has 0 aliphatic heterocycles. The second kappa shape index (κ2) is 8.81. The largest absolute Gasteiger partial charge is 0.493 e. The van der Waals surface area contributed by atoms with E-state index in [1.54, 1.807) is 18.2 Å². The number of rotatable bonds is 8. The molecule has 0 heterocycles. The van der Waals surface area contributed by atoms with Gasteiger partial charge in [0.1, 0.15) is 4.83 Å². The molecule has 6 heteroatoms. The van der Waals surface area contributed by atoms with Crippen LogP contribution in [0.4, 0.5) is 0 Å². The van der Waals surface area contributed by atoms with Crippen LogP contribution in [0, 0.1) is 0 Å². The van der Waals surface area contributed by atoms with Crippen molar-refractivity contribution in [3.63, 3.8) is 0 Å². The highest BCUT2D eigenvalue weighted by Gasteiger charge is 2.21. The van der Waals surface area contributed by atoms with Crippen molar-refractivity contribution < 1.29 is 23.7 Å². The number of ether oxygens (including phenoxy) is 4. The summed E-state index contributed by atoms with van der Waals surface area (Å²) in [6, 6.07) is 5.17. The average molecular weight is 347 g/mol. The number of halogens is 1. The Morgan fingerprint density at radius 2 is 1.85 bits per heavy atom. The molecule has 0 spiro atoms. The normalized spacial score (nSPS) is 11.8. The quantitative estimate of drug-likeness (QED) is 0.313. The highest BCUT2D eigenvalue weighted by Crippen LogP contribution is 2.37. The van der Waals surface area contributed by atoms with Crippen molar-refractivity contribution in [3.8, 4) is 17.2 Å². The minimum Gasteiger partial charge on any atom is -0.493 e. The fourth-order valence-corrected chi connectivity index (χ4v) is 1.81. The van der Waals surface area contributed by atoms with Gasteiger partial charge in [-0.1, -0.05) is 22.0 Å². The standard InChI is InChI=1S/C14H19BrO5/c1-4-19-9-8-10(15)14(16)20-13-11(17-2)6-5-7-12(13)18-3/h5-7,10H,4,8-9H2,1-3H3. The molecule has 0 aromatic heterocycles. The van der Waals surface area contributed by atoms with Crippen LogP contribution in [0.1, 0.15) is 13.3 Å². The zero-order valence-electron chi connectivity index (χ0n) is 11.8. The predicted octanol–water partition coefficient (Wildman–Crippen LogP) is 2.80. The molecule has 5 nitrogen and oxygen atoms in total. The number of esters is 1. The van der Waals surface area contributed by atoms with Crippen LogP contribution in [0.5, 0.6) is 17.2 Å². The second-order valence-electron chi connectivity index (χ2n) is 3.87. The fraction of sp³-hybridized carbons (Fsp3) is 0.500. The molecule has 0 radical (unpaired) electrons. The van der Waals surface area contributed by atoms with Crippen LogP contribution in [0.15, 0.2) is 18.2 Å². The first-order chi connectivity index (χ1) is 9.63. The summed E-state index contributed by atoms with van der Waals surface area (Å²) in [4.78, 5) is 11.6. The van der Waals surface area contributed by atoms with Gasteiger partial charge in [-0.3, -0.25) is 4.79 Å². The molecular weight excluding hydrogens is 328 g/mol. The number of methoxy groups -OCH3 is 2. The molecule has 0 fully saturated rings. The molecule has 20 heavy (non-hydrogen) atoms. The predicted molar refractivity (Wildman–Crippen MR) is 79.0 cm³/mol. The van der Waals surface area contributed by atoms with Gasteiger partial charge in [0, 0.05) is 13.2 Å². The summed E-state index contributed by atoms with van der Waals surface area (Å²) < 4.78 is 20.9. The Kier molecular flexibility index (Phi) is 7.40. The van der Waals surface area contributed by atoms with Gasteiger partial charge in [-0.15, -0.1) is 0 Å². The van der Waals surface area contributed by atoms with Crippen molar-refractivity contribution in [1.29, 1.82) is 0 Å². The third-order valence-corrected chi connectivity index (χ3v) is 3.39. The van der Waals surface area contributed by atoms with E-state index >= 15 is 0 Å². The molecule has 0 saturated heterocycles. The molecule has 0 aliphatic carbocycles. The number of alkyl halides is 1. The van der Waals surface area contributed by atoms with Crippen molar-refractivity contribution in [2.24, 2.45) is 0 Å². The molecule has 112 valence electrons. The van der Waals surface area contributed by atoms with Crippen molar-refractivity contribution in [3.05, 3.63) is 18.2 Å². The van der Waals surface area contributed by atoms with E-state index in [2.05, 4.69) is 15.9 Å². The van der Waals surface area contributed by atoms with E-state index in [0.717, 1.165) is 0 Å². The number of hydrogen-bond donors (Lipinski definition) is 0. The van der Waals surface area contributed by atoms with E-state index in [9.17, 15) is 4.79 Å². The summed E-state index contributed by atoms with van der Waals surface area (Å²) in [5.74, 6) is 0.764. The number of para-hydroxylation sites is 1. The Balaban J connectivity index is 2.74. The third-order valence-electron chi connectivity index (χ3n) is 2.56. The lowest BCUT2D eigenvalue weighted by Gasteiger charge is -2.14. The average Bonchev–Trinajstić information content (AvgIpc) is 2.47. The van der Waals surface area contributed by atoms with E-state index in [1.807, 2.05) is 6.92 Å². The number of hydrogen-bond acceptors (Lipinski definition) is 5. The first kappa shape index (κ1) is 16.8. The van der Waals surface area contributed by atoms with Gasteiger partial charge < -0.3 is 18.9 Å². The van der Waals surface area contributed by atoms with Gasteiger partial charge in [0.2, 0.25) is 5.75 Å². The van der Waals surface area contributed by atoms with Crippen molar-refractivity contribution in [1.82, 2.24) is 0 Å². The van der Waals surface area contributed by atoms with E-state index < -0.39 is 10.8 Å². The lowest BCUT2D eigenvalue weighted by Crippen LogP contribution is -2.22. The Bertz CT molecular complexity index is 413. The first-order valence-corrected chi connectivity index (χ1v) is 7.20. The van der Waals surface area contributed by atoms with E-state index in [4.69, 9.17) is 18.9 Å². The van der Waals surface area contributed by atoms with Gasteiger partial charge in [-0.05, 0) is 25.5 Å². The maximum absolute atomic E-state index is 12.0. The van der Waals surface area contributed by atoms with E-state index in [1.165, 1.54) is 14.2 Å². The Morgan fingerprint density at radius 3 is 2.35 bits per heavy atom. The Hall–Kier alpha value is -1.27. The minimum atomic E-state index is -0.441. The zero-order chi connectivity index (χ0) is 15.0. The highest BCUT2D eigenvalue weighted by atomic mass is 79.9. The summed E-state index contributed by atoms with van der Waals surface area (Å²) in [6.45, 7) is 3.01. The van der Waals surface area contributed by atoms with Crippen molar-refractivity contribution in [2.45, 2.75) is 18.2 Å². The molecule has 0 saturated carbocycles. The van der Waals surface area contributed by atoms with E-state index in [-0.39, 0.29) is 5.75 Å². The molecule has 1 unspecified atom stereocenters. The number of benzene rings is 1. The highest BCUT2D eigenvalue weighted by molar-refractivity contribution is 9.10. The first-order valence-electron chi connectivity index (χ1n) is 6.28. The van der Waals surface area contributed by atoms with Crippen LogP contribution < -0.4 is 14.2 Å². The summed E-state index contributed by atoms with van der Waals surface area (Å²) in [6.07, 6.45) is 0.532. The van der Waals surface area contributed by atoms with Crippen LogP contribution >= 0.6 is 15.9 Å². The van der Waals surface area contributed by atoms with Gasteiger partial charge in [-0.2, -0.15) is 0 Å². The molecule has 0 bridgehead atoms. The maximum Gasteiger partial charge on any atom is 0.325 e. The van der Waals surface area contributed by atoms with Crippen LogP contribution in [0.2, 0.25) is 0 Å². The summed E-state index contributed by atoms with van der Waals surface area (Å²) >= 11 is 3.29. The fourth-order valence-electron chi connectivity index (χ4n) is 1.53. The van der Waals surface area contributed by atoms with Crippen LogP contribution in [0.25, 0.3) is 0 Å². The van der Waals surface area contributed by atoms with Crippen LogP contribution in [0.3, 0.4) is 0 Å². The van der Waals surface area contributed by atoms with Crippen molar-refractivity contribution in [2.75, 3.05) is 27.4 Å². The third kappa shape index (κ3) is 4.68. The number of carbonyl (C=O) groups is 1. The molecular formula is C14H19BrO5. The smallest absolute Gasteiger partial charge is 0.325 e. The summed E-state index contributed by atoms with van der Waals surface area (Å²) in [7, 11) is 3.01. The van der Waals surface area contributed by atoms with Gasteiger partial charge in [0.05, 0.1) is 14.2 Å². The molecule has 1 atom stereocenters. The number of carbonyl (C=O) groups excluding carboxylic acids is 1. The van der Waals surface area contributed by atoms with E-state index in [0.29, 0.717) is 31.1 Å². The summed E-state index contributed by atoms with van der Waals surface area (Å²) in [5.41, 5.74) is 0. The molecule has 0 aliphatic rings. The molecule has 0 N–H and O–H groups in total. The summed E-state index contributed by atoms with van der Waals surface area (Å²) in [5, 5.41) is 0. The Morgan fingerprint density at radius 1 is 1.25 bits per heavy atom. The molecule has 1 aromatic rings. The second-order valence-corrected chi connectivity index (χ2v) is 4.97. The topological polar surface area (TPSA) is 54.0 Å². The molecule has 0 amide bonds. The molecule has 1 aromatic carbocycles.